The number of aryl methyl sites for hydroxylation is 1. The fraction of sp³-hybridized carbons (Fsp3) is 0.478. The van der Waals surface area contributed by atoms with Gasteiger partial charge in [-0.25, -0.2) is 0 Å². The number of fused-ring (bicyclic) bond motifs is 2. The van der Waals surface area contributed by atoms with Gasteiger partial charge < -0.3 is 29.6 Å². The summed E-state index contributed by atoms with van der Waals surface area (Å²) in [4.78, 5) is 51.7. The number of pyridine rings is 1. The van der Waals surface area contributed by atoms with Gasteiger partial charge in [-0.3, -0.25) is 19.2 Å². The van der Waals surface area contributed by atoms with Gasteiger partial charge in [-0.2, -0.15) is 0 Å². The molecule has 33 heavy (non-hydrogen) atoms. The molecule has 176 valence electrons. The van der Waals surface area contributed by atoms with E-state index in [1.807, 2.05) is 6.92 Å². The van der Waals surface area contributed by atoms with Crippen molar-refractivity contribution in [2.75, 3.05) is 26.4 Å². The van der Waals surface area contributed by atoms with Crippen molar-refractivity contribution >= 4 is 28.6 Å². The Kier molecular flexibility index (Phi) is 6.52. The number of benzene rings is 1. The first kappa shape index (κ1) is 22.6. The highest BCUT2D eigenvalue weighted by Gasteiger charge is 2.23. The molecule has 0 bridgehead atoms. The molecule has 1 aromatic heterocycles. The Bertz CT molecular complexity index is 1160. The number of carbonyl (C=O) groups excluding carboxylic acids is 3. The molecule has 1 aromatic carbocycles. The molecule has 1 fully saturated rings. The summed E-state index contributed by atoms with van der Waals surface area (Å²) in [6.07, 6.45) is 3.61. The lowest BCUT2D eigenvalue weighted by Gasteiger charge is -2.17. The largest absolute Gasteiger partial charge is 0.454 e. The van der Waals surface area contributed by atoms with Crippen LogP contribution < -0.4 is 25.5 Å². The highest BCUT2D eigenvalue weighted by Crippen LogP contribution is 2.35. The quantitative estimate of drug-likeness (QED) is 0.572. The predicted molar refractivity (Wildman–Crippen MR) is 120 cm³/mol. The van der Waals surface area contributed by atoms with E-state index in [4.69, 9.17) is 9.47 Å². The highest BCUT2D eigenvalue weighted by atomic mass is 16.7. The number of hydrogen-bond acceptors (Lipinski definition) is 6. The first-order valence-corrected chi connectivity index (χ1v) is 11.2. The summed E-state index contributed by atoms with van der Waals surface area (Å²) >= 11 is 0. The van der Waals surface area contributed by atoms with Gasteiger partial charge in [0.25, 0.3) is 5.91 Å². The second-order valence-electron chi connectivity index (χ2n) is 8.20. The molecule has 10 heteroatoms. The summed E-state index contributed by atoms with van der Waals surface area (Å²) < 4.78 is 12.6. The average molecular weight is 456 g/mol. The van der Waals surface area contributed by atoms with E-state index in [9.17, 15) is 19.2 Å². The zero-order valence-corrected chi connectivity index (χ0v) is 18.8. The molecule has 0 radical (unpaired) electrons. The van der Waals surface area contributed by atoms with Gasteiger partial charge in [-0.05, 0) is 32.8 Å². The van der Waals surface area contributed by atoms with Gasteiger partial charge >= 0.3 is 0 Å². The Labute approximate surface area is 190 Å². The molecule has 2 N–H and O–H groups in total. The Morgan fingerprint density at radius 3 is 2.64 bits per heavy atom. The van der Waals surface area contributed by atoms with Crippen molar-refractivity contribution in [2.45, 2.75) is 45.7 Å². The minimum atomic E-state index is -0.826. The van der Waals surface area contributed by atoms with Gasteiger partial charge in [0.2, 0.25) is 24.0 Å². The molecular formula is C23H28N4O6. The van der Waals surface area contributed by atoms with Crippen molar-refractivity contribution in [1.82, 2.24) is 20.1 Å². The van der Waals surface area contributed by atoms with Crippen LogP contribution in [0.1, 0.15) is 43.5 Å². The molecular weight excluding hydrogens is 428 g/mol. The van der Waals surface area contributed by atoms with Crippen molar-refractivity contribution in [3.05, 3.63) is 34.1 Å². The van der Waals surface area contributed by atoms with Crippen molar-refractivity contribution < 1.29 is 23.9 Å². The van der Waals surface area contributed by atoms with Gasteiger partial charge in [0.1, 0.15) is 11.6 Å². The number of ether oxygens (including phenoxy) is 2. The molecule has 2 aliphatic heterocycles. The van der Waals surface area contributed by atoms with Crippen LogP contribution in [0.5, 0.6) is 11.5 Å². The second-order valence-corrected chi connectivity index (χ2v) is 8.20. The molecule has 3 amide bonds. The lowest BCUT2D eigenvalue weighted by Crippen LogP contribution is -2.46. The maximum Gasteiger partial charge on any atom is 0.257 e. The smallest absolute Gasteiger partial charge is 0.257 e. The number of carbonyl (C=O) groups is 3. The van der Waals surface area contributed by atoms with E-state index in [1.54, 1.807) is 28.5 Å². The Hall–Kier alpha value is -3.56. The van der Waals surface area contributed by atoms with E-state index in [1.165, 1.54) is 6.20 Å². The zero-order chi connectivity index (χ0) is 23.5. The number of amides is 3. The number of aromatic nitrogens is 1. The summed E-state index contributed by atoms with van der Waals surface area (Å²) in [5.41, 5.74) is 0.161. The number of rotatable bonds is 8. The lowest BCUT2D eigenvalue weighted by atomic mass is 10.1. The van der Waals surface area contributed by atoms with E-state index in [2.05, 4.69) is 10.6 Å². The summed E-state index contributed by atoms with van der Waals surface area (Å²) in [6, 6.07) is 2.49. The molecule has 0 saturated carbocycles. The fourth-order valence-corrected chi connectivity index (χ4v) is 4.12. The first-order valence-electron chi connectivity index (χ1n) is 11.2. The van der Waals surface area contributed by atoms with Gasteiger partial charge in [-0.1, -0.05) is 0 Å². The van der Waals surface area contributed by atoms with E-state index in [0.717, 1.165) is 13.0 Å². The third-order valence-electron chi connectivity index (χ3n) is 5.98. The molecule has 4 rings (SSSR count). The standard InChI is InChI=1S/C23H28N4O6/c1-3-26-12-16(21(29)15-10-18-19(11-17(15)26)33-13-32-18)23(31)25-14(2)22(30)24-7-5-9-27-8-4-6-20(27)28/h10-12,14H,3-9,13H2,1-2H3,(H,24,30)(H,25,31)/t14-/m0/s1. The summed E-state index contributed by atoms with van der Waals surface area (Å²) in [6.45, 7) is 5.85. The summed E-state index contributed by atoms with van der Waals surface area (Å²) in [7, 11) is 0. The van der Waals surface area contributed by atoms with Crippen LogP contribution in [-0.2, 0) is 16.1 Å². The number of hydrogen-bond donors (Lipinski definition) is 2. The van der Waals surface area contributed by atoms with E-state index in [-0.39, 0.29) is 24.2 Å². The minimum absolute atomic E-state index is 0.0459. The third kappa shape index (κ3) is 4.64. The van der Waals surface area contributed by atoms with E-state index >= 15 is 0 Å². The molecule has 2 aliphatic rings. The second kappa shape index (κ2) is 9.51. The maximum absolute atomic E-state index is 13.0. The molecule has 0 spiro atoms. The van der Waals surface area contributed by atoms with Crippen LogP contribution in [0.15, 0.2) is 23.1 Å². The topological polar surface area (TPSA) is 119 Å². The summed E-state index contributed by atoms with van der Waals surface area (Å²) in [5, 5.41) is 5.73. The molecule has 2 aromatic rings. The van der Waals surface area contributed by atoms with Gasteiger partial charge in [0.05, 0.1) is 10.9 Å². The van der Waals surface area contributed by atoms with E-state index < -0.39 is 17.4 Å². The Balaban J connectivity index is 1.41. The van der Waals surface area contributed by atoms with Crippen LogP contribution in [0.4, 0.5) is 0 Å². The lowest BCUT2D eigenvalue weighted by molar-refractivity contribution is -0.127. The normalized spacial score (nSPS) is 15.7. The van der Waals surface area contributed by atoms with Gasteiger partial charge in [0.15, 0.2) is 11.5 Å². The molecule has 1 atom stereocenters. The van der Waals surface area contributed by atoms with Gasteiger partial charge in [0, 0.05) is 44.9 Å². The van der Waals surface area contributed by atoms with Crippen LogP contribution in [0, 0.1) is 0 Å². The zero-order valence-electron chi connectivity index (χ0n) is 18.8. The molecule has 10 nitrogen and oxygen atoms in total. The van der Waals surface area contributed by atoms with Crippen molar-refractivity contribution in [3.8, 4) is 11.5 Å². The van der Waals surface area contributed by atoms with Gasteiger partial charge in [-0.15, -0.1) is 0 Å². The monoisotopic (exact) mass is 456 g/mol. The SMILES string of the molecule is CCn1cc(C(=O)N[C@@H](C)C(=O)NCCCN2CCCC2=O)c(=O)c2cc3c(cc21)OCO3. The van der Waals surface area contributed by atoms with Crippen LogP contribution in [0.2, 0.25) is 0 Å². The molecule has 1 saturated heterocycles. The third-order valence-corrected chi connectivity index (χ3v) is 5.98. The minimum Gasteiger partial charge on any atom is -0.454 e. The Morgan fingerprint density at radius 2 is 1.94 bits per heavy atom. The average Bonchev–Trinajstić information content (AvgIpc) is 3.43. The first-order chi connectivity index (χ1) is 15.9. The van der Waals surface area contributed by atoms with E-state index in [0.29, 0.717) is 54.9 Å². The van der Waals surface area contributed by atoms with Crippen molar-refractivity contribution in [3.63, 3.8) is 0 Å². The molecule has 3 heterocycles. The van der Waals surface area contributed by atoms with Crippen molar-refractivity contribution in [1.29, 1.82) is 0 Å². The number of nitrogens with one attached hydrogen (secondary N) is 2. The number of likely N-dealkylation sites (tertiary alicyclic amines) is 1. The predicted octanol–water partition coefficient (Wildman–Crippen LogP) is 0.997. The Morgan fingerprint density at radius 1 is 1.18 bits per heavy atom. The molecule has 0 unspecified atom stereocenters. The maximum atomic E-state index is 13.0. The van der Waals surface area contributed by atoms with Crippen LogP contribution >= 0.6 is 0 Å². The van der Waals surface area contributed by atoms with Crippen LogP contribution in [0.3, 0.4) is 0 Å². The highest BCUT2D eigenvalue weighted by molar-refractivity contribution is 6.00. The van der Waals surface area contributed by atoms with Crippen LogP contribution in [-0.4, -0.2) is 59.7 Å². The number of nitrogens with zero attached hydrogens (tertiary/aromatic N) is 2. The van der Waals surface area contributed by atoms with Crippen LogP contribution in [0.25, 0.3) is 10.9 Å². The summed E-state index contributed by atoms with van der Waals surface area (Å²) in [5.74, 6) is 0.200. The molecule has 0 aliphatic carbocycles. The van der Waals surface area contributed by atoms with Crippen molar-refractivity contribution in [2.24, 2.45) is 0 Å². The fourth-order valence-electron chi connectivity index (χ4n) is 4.12.